The Kier molecular flexibility index (Phi) is 4.74. The molecule has 3 aromatic rings. The maximum atomic E-state index is 13.5. The Bertz CT molecular complexity index is 1160. The van der Waals surface area contributed by atoms with Crippen molar-refractivity contribution in [1.82, 2.24) is 20.5 Å². The van der Waals surface area contributed by atoms with Crippen LogP contribution in [0.25, 0.3) is 22.0 Å². The number of aliphatic imine (C=N–C) groups is 1. The first-order chi connectivity index (χ1) is 14.7. The number of anilines is 1. The number of carbonyl (C=O) groups excluding carboxylic acids is 1. The number of nitrogens with one attached hydrogen (secondary N) is 2. The molecule has 2 aliphatic rings. The Labute approximate surface area is 172 Å². The fourth-order valence-corrected chi connectivity index (χ4v) is 3.93. The van der Waals surface area contributed by atoms with Crippen LogP contribution in [0.3, 0.4) is 0 Å². The summed E-state index contributed by atoms with van der Waals surface area (Å²) in [7, 11) is 0. The van der Waals surface area contributed by atoms with Crippen LogP contribution in [0.5, 0.6) is 0 Å². The minimum atomic E-state index is -1.19. The quantitative estimate of drug-likeness (QED) is 0.696. The lowest BCUT2D eigenvalue weighted by molar-refractivity contribution is 0.0960. The maximum Gasteiger partial charge on any atom is 0.276 e. The number of nitrogens with zero attached hydrogens (tertiary/aromatic N) is 4. The summed E-state index contributed by atoms with van der Waals surface area (Å²) in [5.41, 5.74) is 4.51. The number of hydrogen-bond acceptors (Lipinski definition) is 5. The summed E-state index contributed by atoms with van der Waals surface area (Å²) < 4.78 is 13.5. The number of pyridine rings is 1. The van der Waals surface area contributed by atoms with Crippen molar-refractivity contribution in [3.05, 3.63) is 54.3 Å². The first-order valence-corrected chi connectivity index (χ1v) is 10.0. The minimum absolute atomic E-state index is 0.0950. The van der Waals surface area contributed by atoms with Crippen molar-refractivity contribution in [2.24, 2.45) is 4.99 Å². The number of rotatable bonds is 4. The van der Waals surface area contributed by atoms with Gasteiger partial charge in [-0.15, -0.1) is 0 Å². The average molecular weight is 404 g/mol. The second-order valence-electron chi connectivity index (χ2n) is 7.59. The third-order valence-electron chi connectivity index (χ3n) is 5.47. The topological polar surface area (TPSA) is 86.3 Å². The van der Waals surface area contributed by atoms with Gasteiger partial charge in [-0.2, -0.15) is 5.10 Å². The predicted molar refractivity (Wildman–Crippen MR) is 114 cm³/mol. The molecule has 0 aliphatic carbocycles. The molecule has 1 saturated heterocycles. The Morgan fingerprint density at radius 2 is 2.03 bits per heavy atom. The molecule has 1 aromatic carbocycles. The highest BCUT2D eigenvalue weighted by atomic mass is 19.1. The SMILES string of the molecule is O=C(NC1=CN=CC(F)C1)c1n[nH]c2ccc(-c3cncc(N4CCCC4)c3)cc12. The first-order valence-electron chi connectivity index (χ1n) is 10.0. The molecule has 2 aromatic heterocycles. The molecule has 7 nitrogen and oxygen atoms in total. The molecule has 0 radical (unpaired) electrons. The third-order valence-corrected chi connectivity index (χ3v) is 5.47. The van der Waals surface area contributed by atoms with Gasteiger partial charge in [-0.25, -0.2) is 4.39 Å². The average Bonchev–Trinajstić information content (AvgIpc) is 3.43. The van der Waals surface area contributed by atoms with Gasteiger partial charge >= 0.3 is 0 Å². The van der Waals surface area contributed by atoms with Gasteiger partial charge in [0.15, 0.2) is 5.69 Å². The Morgan fingerprint density at radius 1 is 1.17 bits per heavy atom. The zero-order valence-electron chi connectivity index (χ0n) is 16.3. The molecule has 2 N–H and O–H groups in total. The van der Waals surface area contributed by atoms with Crippen LogP contribution in [0, 0.1) is 0 Å². The smallest absolute Gasteiger partial charge is 0.276 e. The van der Waals surface area contributed by atoms with Crippen LogP contribution in [0.2, 0.25) is 0 Å². The Hall–Kier alpha value is -3.55. The van der Waals surface area contributed by atoms with Crippen LogP contribution >= 0.6 is 0 Å². The van der Waals surface area contributed by atoms with Gasteiger partial charge in [0.2, 0.25) is 0 Å². The molecule has 0 spiro atoms. The van der Waals surface area contributed by atoms with Crippen LogP contribution in [-0.2, 0) is 0 Å². The molecular weight excluding hydrogens is 383 g/mol. The van der Waals surface area contributed by atoms with E-state index in [1.807, 2.05) is 30.6 Å². The molecule has 4 heterocycles. The van der Waals surface area contributed by atoms with Crippen LogP contribution < -0.4 is 10.2 Å². The number of benzene rings is 1. The standard InChI is InChI=1S/C22H21FN6O/c23-16-9-17(12-25-11-16)26-22(30)21-19-8-14(3-4-20(19)27-28-21)15-7-18(13-24-10-15)29-5-1-2-6-29/h3-4,7-8,10-13,16H,1-2,5-6,9H2,(H,26,30)(H,27,28). The van der Waals surface area contributed by atoms with Gasteiger partial charge in [0.25, 0.3) is 5.91 Å². The highest BCUT2D eigenvalue weighted by Gasteiger charge is 2.19. The number of alkyl halides is 1. The van der Waals surface area contributed by atoms with E-state index in [0.717, 1.165) is 35.4 Å². The van der Waals surface area contributed by atoms with Crippen molar-refractivity contribution >= 4 is 28.7 Å². The summed E-state index contributed by atoms with van der Waals surface area (Å²) in [4.78, 5) is 23.3. The Morgan fingerprint density at radius 3 is 2.87 bits per heavy atom. The van der Waals surface area contributed by atoms with Gasteiger partial charge in [0.1, 0.15) is 6.17 Å². The molecule has 1 unspecified atom stereocenters. The number of allylic oxidation sites excluding steroid dienone is 1. The van der Waals surface area contributed by atoms with Crippen molar-refractivity contribution in [3.63, 3.8) is 0 Å². The Balaban J connectivity index is 1.45. The van der Waals surface area contributed by atoms with Crippen molar-refractivity contribution in [2.45, 2.75) is 25.4 Å². The van der Waals surface area contributed by atoms with E-state index in [1.54, 1.807) is 0 Å². The van der Waals surface area contributed by atoms with E-state index in [0.29, 0.717) is 11.1 Å². The van der Waals surface area contributed by atoms with E-state index in [2.05, 4.69) is 36.5 Å². The zero-order valence-corrected chi connectivity index (χ0v) is 16.3. The molecule has 0 saturated carbocycles. The summed E-state index contributed by atoms with van der Waals surface area (Å²) in [5.74, 6) is -0.391. The molecule has 5 rings (SSSR count). The summed E-state index contributed by atoms with van der Waals surface area (Å²) in [6.45, 7) is 2.10. The van der Waals surface area contributed by atoms with E-state index in [4.69, 9.17) is 0 Å². The lowest BCUT2D eigenvalue weighted by Gasteiger charge is -2.17. The van der Waals surface area contributed by atoms with E-state index < -0.39 is 12.1 Å². The lowest BCUT2D eigenvalue weighted by Crippen LogP contribution is -2.26. The first kappa shape index (κ1) is 18.5. The van der Waals surface area contributed by atoms with Crippen LogP contribution in [-0.4, -0.2) is 46.6 Å². The minimum Gasteiger partial charge on any atom is -0.370 e. The molecule has 1 atom stereocenters. The normalized spacial score (nSPS) is 18.6. The van der Waals surface area contributed by atoms with Gasteiger partial charge < -0.3 is 10.2 Å². The molecule has 8 heteroatoms. The number of aromatic nitrogens is 3. The highest BCUT2D eigenvalue weighted by molar-refractivity contribution is 6.06. The zero-order chi connectivity index (χ0) is 20.5. The van der Waals surface area contributed by atoms with Crippen LogP contribution in [0.15, 0.2) is 53.5 Å². The number of aromatic amines is 1. The molecule has 2 aliphatic heterocycles. The van der Waals surface area contributed by atoms with Gasteiger partial charge in [-0.3, -0.25) is 19.9 Å². The van der Waals surface area contributed by atoms with Crippen molar-refractivity contribution in [2.75, 3.05) is 18.0 Å². The van der Waals surface area contributed by atoms with E-state index >= 15 is 0 Å². The molecule has 152 valence electrons. The highest BCUT2D eigenvalue weighted by Crippen LogP contribution is 2.29. The predicted octanol–water partition coefficient (Wildman–Crippen LogP) is 3.61. The van der Waals surface area contributed by atoms with Crippen molar-refractivity contribution in [3.8, 4) is 11.1 Å². The van der Waals surface area contributed by atoms with Crippen LogP contribution in [0.4, 0.5) is 10.1 Å². The summed E-state index contributed by atoms with van der Waals surface area (Å²) in [6.07, 6.45) is 7.71. The number of fused-ring (bicyclic) bond motifs is 1. The van der Waals surface area contributed by atoms with E-state index in [-0.39, 0.29) is 12.1 Å². The second-order valence-corrected chi connectivity index (χ2v) is 7.59. The largest absolute Gasteiger partial charge is 0.370 e. The summed E-state index contributed by atoms with van der Waals surface area (Å²) in [5, 5.41) is 10.5. The number of amides is 1. The van der Waals surface area contributed by atoms with Gasteiger partial charge in [-0.05, 0) is 36.6 Å². The van der Waals surface area contributed by atoms with Gasteiger partial charge in [-0.1, -0.05) is 6.07 Å². The van der Waals surface area contributed by atoms with Gasteiger partial charge in [0, 0.05) is 54.8 Å². The van der Waals surface area contributed by atoms with Gasteiger partial charge in [0.05, 0.1) is 17.4 Å². The fraction of sp³-hybridized carbons (Fsp3) is 0.273. The molecule has 0 bridgehead atoms. The fourth-order valence-electron chi connectivity index (χ4n) is 3.93. The summed E-state index contributed by atoms with van der Waals surface area (Å²) in [6, 6.07) is 7.95. The van der Waals surface area contributed by atoms with Crippen LogP contribution in [0.1, 0.15) is 29.8 Å². The summed E-state index contributed by atoms with van der Waals surface area (Å²) >= 11 is 0. The van der Waals surface area contributed by atoms with E-state index in [1.165, 1.54) is 25.3 Å². The molecule has 1 amide bonds. The van der Waals surface area contributed by atoms with E-state index in [9.17, 15) is 9.18 Å². The third kappa shape index (κ3) is 3.56. The maximum absolute atomic E-state index is 13.5. The van der Waals surface area contributed by atoms with Crippen molar-refractivity contribution in [1.29, 1.82) is 0 Å². The number of hydrogen-bond donors (Lipinski definition) is 2. The lowest BCUT2D eigenvalue weighted by atomic mass is 10.0. The molecule has 1 fully saturated rings. The molecule has 30 heavy (non-hydrogen) atoms. The molecular formula is C22H21FN6O. The number of H-pyrrole nitrogens is 1. The van der Waals surface area contributed by atoms with Crippen molar-refractivity contribution < 1.29 is 9.18 Å². The number of halogens is 1. The monoisotopic (exact) mass is 404 g/mol. The number of carbonyl (C=O) groups is 1. The second kappa shape index (κ2) is 7.70.